The van der Waals surface area contributed by atoms with Crippen molar-refractivity contribution in [1.82, 2.24) is 5.32 Å². The van der Waals surface area contributed by atoms with Crippen LogP contribution < -0.4 is 15.8 Å². The van der Waals surface area contributed by atoms with Crippen molar-refractivity contribution < 1.29 is 9.53 Å². The molecule has 0 aliphatic heterocycles. The second-order valence-electron chi connectivity index (χ2n) is 5.45. The highest BCUT2D eigenvalue weighted by atomic mass is 16.5. The van der Waals surface area contributed by atoms with E-state index in [2.05, 4.69) is 11.9 Å². The zero-order valence-electron chi connectivity index (χ0n) is 11.8. The Hall–Kier alpha value is -1.97. The summed E-state index contributed by atoms with van der Waals surface area (Å²) in [4.78, 5) is 11.7. The summed E-state index contributed by atoms with van der Waals surface area (Å²) in [5, 5.41) is 2.84. The molecule has 0 aromatic heterocycles. The molecule has 1 aromatic rings. The van der Waals surface area contributed by atoms with Crippen LogP contribution in [-0.4, -0.2) is 18.1 Å². The number of carbonyl (C=O) groups is 1. The largest absolute Gasteiger partial charge is 0.483 e. The van der Waals surface area contributed by atoms with Crippen LogP contribution in [0.25, 0.3) is 0 Å². The minimum Gasteiger partial charge on any atom is -0.483 e. The summed E-state index contributed by atoms with van der Waals surface area (Å²) in [7, 11) is 0. The molecule has 0 unspecified atom stereocenters. The fraction of sp³-hybridized carbons (Fsp3) is 0.400. The highest BCUT2D eigenvalue weighted by molar-refractivity contribution is 5.78. The number of nitrogens with one attached hydrogen (secondary N) is 1. The Morgan fingerprint density at radius 1 is 1.47 bits per heavy atom. The molecule has 0 aliphatic carbocycles. The summed E-state index contributed by atoms with van der Waals surface area (Å²) >= 11 is 0. The van der Waals surface area contributed by atoms with E-state index in [4.69, 9.17) is 10.5 Å². The topological polar surface area (TPSA) is 64.3 Å². The van der Waals surface area contributed by atoms with Crippen molar-refractivity contribution >= 4 is 11.6 Å². The fourth-order valence-electron chi connectivity index (χ4n) is 1.65. The lowest BCUT2D eigenvalue weighted by atomic mass is 10.1. The van der Waals surface area contributed by atoms with Gasteiger partial charge in [0.15, 0.2) is 6.61 Å². The van der Waals surface area contributed by atoms with Crippen LogP contribution >= 0.6 is 0 Å². The van der Waals surface area contributed by atoms with Crippen molar-refractivity contribution in [2.75, 3.05) is 12.3 Å². The van der Waals surface area contributed by atoms with Crippen molar-refractivity contribution in [1.29, 1.82) is 0 Å². The minimum atomic E-state index is -0.258. The van der Waals surface area contributed by atoms with E-state index in [-0.39, 0.29) is 18.1 Å². The van der Waals surface area contributed by atoms with E-state index in [1.807, 2.05) is 26.8 Å². The molecule has 0 fully saturated rings. The van der Waals surface area contributed by atoms with Crippen LogP contribution in [0.3, 0.4) is 0 Å². The van der Waals surface area contributed by atoms with Crippen molar-refractivity contribution in [2.45, 2.75) is 32.7 Å². The quantitative estimate of drug-likeness (QED) is 0.632. The second kappa shape index (κ2) is 6.27. The average Bonchev–Trinajstić information content (AvgIpc) is 2.26. The average molecular weight is 262 g/mol. The van der Waals surface area contributed by atoms with Gasteiger partial charge in [0.2, 0.25) is 0 Å². The van der Waals surface area contributed by atoms with Gasteiger partial charge in [-0.25, -0.2) is 0 Å². The summed E-state index contributed by atoms with van der Waals surface area (Å²) < 4.78 is 5.54. The standard InChI is InChI=1S/C15H22N2O2/c1-5-6-11-9-12(16)7-8-13(11)19-10-14(18)17-15(2,3)4/h5,7-9H,1,6,10,16H2,2-4H3,(H,17,18). The lowest BCUT2D eigenvalue weighted by Crippen LogP contribution is -2.43. The number of nitrogen functional groups attached to an aromatic ring is 1. The monoisotopic (exact) mass is 262 g/mol. The molecule has 19 heavy (non-hydrogen) atoms. The first kappa shape index (κ1) is 15.1. The van der Waals surface area contributed by atoms with Crippen LogP contribution in [0.2, 0.25) is 0 Å². The van der Waals surface area contributed by atoms with Crippen LogP contribution in [0.4, 0.5) is 5.69 Å². The summed E-state index contributed by atoms with van der Waals surface area (Å²) in [6.07, 6.45) is 2.43. The van der Waals surface area contributed by atoms with Crippen LogP contribution in [-0.2, 0) is 11.2 Å². The van der Waals surface area contributed by atoms with E-state index < -0.39 is 0 Å². The first-order valence-electron chi connectivity index (χ1n) is 6.25. The Balaban J connectivity index is 2.67. The van der Waals surface area contributed by atoms with Gasteiger partial charge in [0.25, 0.3) is 5.91 Å². The molecule has 4 heteroatoms. The molecule has 1 rings (SSSR count). The van der Waals surface area contributed by atoms with Crippen molar-refractivity contribution in [3.8, 4) is 5.75 Å². The molecule has 0 radical (unpaired) electrons. The second-order valence-corrected chi connectivity index (χ2v) is 5.45. The van der Waals surface area contributed by atoms with E-state index in [9.17, 15) is 4.79 Å². The van der Waals surface area contributed by atoms with E-state index >= 15 is 0 Å². The van der Waals surface area contributed by atoms with Crippen LogP contribution in [0.15, 0.2) is 30.9 Å². The van der Waals surface area contributed by atoms with Crippen molar-refractivity contribution in [3.63, 3.8) is 0 Å². The van der Waals surface area contributed by atoms with Gasteiger partial charge in [-0.3, -0.25) is 4.79 Å². The fourth-order valence-corrected chi connectivity index (χ4v) is 1.65. The molecule has 3 N–H and O–H groups in total. The number of allylic oxidation sites excluding steroid dienone is 1. The Morgan fingerprint density at radius 3 is 2.74 bits per heavy atom. The Bertz CT molecular complexity index is 462. The molecule has 0 aliphatic rings. The first-order valence-corrected chi connectivity index (χ1v) is 6.25. The predicted octanol–water partition coefficient (Wildman–Crippen LogP) is 2.29. The third kappa shape index (κ3) is 5.46. The van der Waals surface area contributed by atoms with Gasteiger partial charge in [0.1, 0.15) is 5.75 Å². The van der Waals surface area contributed by atoms with E-state index in [0.29, 0.717) is 17.9 Å². The molecule has 0 spiro atoms. The Kier molecular flexibility index (Phi) is 4.98. The van der Waals surface area contributed by atoms with Crippen LogP contribution in [0.1, 0.15) is 26.3 Å². The SMILES string of the molecule is C=CCc1cc(N)ccc1OCC(=O)NC(C)(C)C. The summed E-state index contributed by atoms with van der Waals surface area (Å²) in [5.74, 6) is 0.520. The number of amides is 1. The number of carbonyl (C=O) groups excluding carboxylic acids is 1. The number of anilines is 1. The van der Waals surface area contributed by atoms with Crippen LogP contribution in [0, 0.1) is 0 Å². The molecule has 104 valence electrons. The smallest absolute Gasteiger partial charge is 0.258 e. The van der Waals surface area contributed by atoms with E-state index in [1.54, 1.807) is 18.2 Å². The number of ether oxygens (including phenoxy) is 1. The molecular weight excluding hydrogens is 240 g/mol. The third-order valence-corrected chi connectivity index (χ3v) is 2.32. The Morgan fingerprint density at radius 2 is 2.16 bits per heavy atom. The molecule has 4 nitrogen and oxygen atoms in total. The van der Waals surface area contributed by atoms with Gasteiger partial charge in [-0.05, 0) is 51.0 Å². The normalized spacial score (nSPS) is 10.9. The van der Waals surface area contributed by atoms with Gasteiger partial charge >= 0.3 is 0 Å². The summed E-state index contributed by atoms with van der Waals surface area (Å²) in [5.41, 5.74) is 7.07. The van der Waals surface area contributed by atoms with Crippen molar-refractivity contribution in [2.24, 2.45) is 0 Å². The molecule has 0 saturated carbocycles. The van der Waals surface area contributed by atoms with Crippen LogP contribution in [0.5, 0.6) is 5.75 Å². The van der Waals surface area contributed by atoms with E-state index in [0.717, 1.165) is 5.56 Å². The zero-order valence-corrected chi connectivity index (χ0v) is 11.8. The number of nitrogens with two attached hydrogens (primary N) is 1. The van der Waals surface area contributed by atoms with E-state index in [1.165, 1.54) is 0 Å². The summed E-state index contributed by atoms with van der Waals surface area (Å²) in [6, 6.07) is 5.36. The predicted molar refractivity (Wildman–Crippen MR) is 78.1 cm³/mol. The molecule has 0 atom stereocenters. The van der Waals surface area contributed by atoms with Crippen molar-refractivity contribution in [3.05, 3.63) is 36.4 Å². The van der Waals surface area contributed by atoms with Gasteiger partial charge < -0.3 is 15.8 Å². The number of benzene rings is 1. The molecule has 1 aromatic carbocycles. The first-order chi connectivity index (χ1) is 8.81. The zero-order chi connectivity index (χ0) is 14.5. The molecule has 0 bridgehead atoms. The molecular formula is C15H22N2O2. The lowest BCUT2D eigenvalue weighted by Gasteiger charge is -2.20. The van der Waals surface area contributed by atoms with Gasteiger partial charge in [-0.2, -0.15) is 0 Å². The maximum absolute atomic E-state index is 11.7. The number of hydrogen-bond donors (Lipinski definition) is 2. The lowest BCUT2D eigenvalue weighted by molar-refractivity contribution is -0.124. The third-order valence-electron chi connectivity index (χ3n) is 2.32. The van der Waals surface area contributed by atoms with Gasteiger partial charge in [0.05, 0.1) is 0 Å². The summed E-state index contributed by atoms with van der Waals surface area (Å²) in [6.45, 7) is 9.47. The Labute approximate surface area is 114 Å². The highest BCUT2D eigenvalue weighted by Gasteiger charge is 2.14. The maximum atomic E-state index is 11.7. The number of rotatable bonds is 5. The molecule has 0 saturated heterocycles. The molecule has 0 heterocycles. The minimum absolute atomic E-state index is 0.00860. The molecule has 1 amide bonds. The maximum Gasteiger partial charge on any atom is 0.258 e. The van der Waals surface area contributed by atoms with Gasteiger partial charge in [-0.15, -0.1) is 6.58 Å². The highest BCUT2D eigenvalue weighted by Crippen LogP contribution is 2.22. The van der Waals surface area contributed by atoms with Gasteiger partial charge in [0, 0.05) is 11.2 Å². The number of hydrogen-bond acceptors (Lipinski definition) is 3. The van der Waals surface area contributed by atoms with Gasteiger partial charge in [-0.1, -0.05) is 6.08 Å².